The Bertz CT molecular complexity index is 3900. The molecule has 336 valence electrons. The maximum atomic E-state index is 4.70. The van der Waals surface area contributed by atoms with E-state index in [0.29, 0.717) is 0 Å². The van der Waals surface area contributed by atoms with Crippen LogP contribution in [0.15, 0.2) is 158 Å². The van der Waals surface area contributed by atoms with E-state index in [1.54, 1.807) is 0 Å². The molecule has 1 aliphatic carbocycles. The van der Waals surface area contributed by atoms with Crippen LogP contribution in [0.2, 0.25) is 0 Å². The fraction of sp³-hybridized carbons (Fsp3) is 0.188. The average molecular weight is 910 g/mol. The van der Waals surface area contributed by atoms with E-state index in [2.05, 4.69) is 229 Å². The topological polar surface area (TPSA) is 20.2 Å². The van der Waals surface area contributed by atoms with Crippen molar-refractivity contribution in [1.82, 2.24) is 4.57 Å². The van der Waals surface area contributed by atoms with Crippen molar-refractivity contribution in [3.63, 3.8) is 0 Å². The van der Waals surface area contributed by atoms with Crippen molar-refractivity contribution in [2.45, 2.75) is 71.6 Å². The summed E-state index contributed by atoms with van der Waals surface area (Å²) >= 11 is 1.90. The zero-order valence-electron chi connectivity index (χ0n) is 41.2. The highest BCUT2D eigenvalue weighted by Gasteiger charge is 2.38. The molecule has 3 nitrogen and oxygen atoms in total. The fourth-order valence-electron chi connectivity index (χ4n) is 11.9. The third-order valence-corrected chi connectivity index (χ3v) is 16.9. The monoisotopic (exact) mass is 909 g/mol. The molecule has 5 heteroatoms. The van der Waals surface area contributed by atoms with Gasteiger partial charge in [-0.2, -0.15) is 0 Å². The molecule has 0 saturated heterocycles. The number of nitrogens with one attached hydrogen (secondary N) is 1. The first kappa shape index (κ1) is 42.1. The number of anilines is 3. The Kier molecular flexibility index (Phi) is 8.83. The Morgan fingerprint density at radius 3 is 2.07 bits per heavy atom. The lowest BCUT2D eigenvalue weighted by molar-refractivity contribution is 0.589. The number of nitrogens with zero attached hydrogens (tertiary/aromatic N) is 2. The molecule has 13 rings (SSSR count). The first-order chi connectivity index (χ1) is 33.0. The van der Waals surface area contributed by atoms with Gasteiger partial charge < -0.3 is 14.8 Å². The van der Waals surface area contributed by atoms with Gasteiger partial charge in [0.15, 0.2) is 7.28 Å². The molecule has 0 unspecified atom stereocenters. The van der Waals surface area contributed by atoms with E-state index >= 15 is 0 Å². The average Bonchev–Trinajstić information content (AvgIpc) is 3.93. The summed E-state index contributed by atoms with van der Waals surface area (Å²) in [6.45, 7) is 23.3. The van der Waals surface area contributed by atoms with Crippen LogP contribution in [0.3, 0.4) is 0 Å². The number of hydrogen-bond donors (Lipinski definition) is 1. The molecule has 0 atom stereocenters. The van der Waals surface area contributed by atoms with Gasteiger partial charge in [-0.05, 0) is 121 Å². The summed E-state index contributed by atoms with van der Waals surface area (Å²) in [4.78, 5) is 2.36. The predicted octanol–water partition coefficient (Wildman–Crippen LogP) is 15.7. The van der Waals surface area contributed by atoms with Gasteiger partial charge in [-0.15, -0.1) is 11.3 Å². The van der Waals surface area contributed by atoms with Crippen molar-refractivity contribution in [2.24, 2.45) is 0 Å². The van der Waals surface area contributed by atoms with E-state index in [0.717, 1.165) is 29.9 Å². The van der Waals surface area contributed by atoms with Gasteiger partial charge in [-0.25, -0.2) is 0 Å². The minimum Gasteiger partial charge on any atom is -0.355 e. The number of fused-ring (bicyclic) bond motifs is 12. The maximum absolute atomic E-state index is 4.70. The van der Waals surface area contributed by atoms with Gasteiger partial charge in [0.05, 0.1) is 11.2 Å². The minimum absolute atomic E-state index is 0.0283. The number of thiophene rings is 1. The SMILES string of the molecule is C=C1C=C(c2ccccc2)N(C)c2cc3c(cc21)Bc1c(-c2cc4c(cc2Nc2ccc(C(C)(C)C)cc2)C(C)(C)c2ccc(C(C)(C)C)cc2-4)ccc2c4cc5sc6ccccc6c5cc4n-3c12. The van der Waals surface area contributed by atoms with Crippen LogP contribution in [-0.4, -0.2) is 18.9 Å². The molecule has 2 aliphatic heterocycles. The van der Waals surface area contributed by atoms with Crippen molar-refractivity contribution < 1.29 is 0 Å². The molecule has 0 bridgehead atoms. The lowest BCUT2D eigenvalue weighted by atomic mass is 9.58. The van der Waals surface area contributed by atoms with Gasteiger partial charge >= 0.3 is 0 Å². The number of allylic oxidation sites excluding steroid dienone is 2. The van der Waals surface area contributed by atoms with E-state index < -0.39 is 0 Å². The molecule has 1 N–H and O–H groups in total. The molecule has 69 heavy (non-hydrogen) atoms. The van der Waals surface area contributed by atoms with Crippen LogP contribution >= 0.6 is 11.3 Å². The third kappa shape index (κ3) is 6.25. The second-order valence-electron chi connectivity index (χ2n) is 22.5. The third-order valence-electron chi connectivity index (χ3n) is 15.8. The van der Waals surface area contributed by atoms with Crippen LogP contribution in [0.5, 0.6) is 0 Å². The van der Waals surface area contributed by atoms with E-state index in [-0.39, 0.29) is 16.2 Å². The van der Waals surface area contributed by atoms with Gasteiger partial charge in [0.2, 0.25) is 0 Å². The summed E-state index contributed by atoms with van der Waals surface area (Å²) < 4.78 is 5.26. The molecule has 0 spiro atoms. The van der Waals surface area contributed by atoms with E-state index in [1.165, 1.54) is 120 Å². The molecule has 0 amide bonds. The molecular weight excluding hydrogens is 854 g/mol. The van der Waals surface area contributed by atoms with Crippen LogP contribution in [0.4, 0.5) is 17.1 Å². The highest BCUT2D eigenvalue weighted by Crippen LogP contribution is 2.53. The Balaban J connectivity index is 1.09. The minimum atomic E-state index is -0.170. The van der Waals surface area contributed by atoms with Crippen molar-refractivity contribution in [3.05, 3.63) is 192 Å². The normalized spacial score (nSPS) is 14.8. The largest absolute Gasteiger partial charge is 0.355 e. The first-order valence-electron chi connectivity index (χ1n) is 24.5. The Labute approximate surface area is 410 Å². The second kappa shape index (κ2) is 14.5. The maximum Gasteiger partial charge on any atom is 0.198 e. The Morgan fingerprint density at radius 1 is 0.580 bits per heavy atom. The van der Waals surface area contributed by atoms with E-state index in [1.807, 2.05) is 11.3 Å². The van der Waals surface area contributed by atoms with Crippen LogP contribution < -0.4 is 21.1 Å². The van der Waals surface area contributed by atoms with E-state index in [9.17, 15) is 0 Å². The molecule has 8 aromatic carbocycles. The van der Waals surface area contributed by atoms with Crippen molar-refractivity contribution in [1.29, 1.82) is 0 Å². The van der Waals surface area contributed by atoms with Gasteiger partial charge in [-0.3, -0.25) is 0 Å². The highest BCUT2D eigenvalue weighted by molar-refractivity contribution is 7.25. The number of aromatic nitrogens is 1. The molecule has 2 aromatic heterocycles. The quantitative estimate of drug-likeness (QED) is 0.178. The Morgan fingerprint density at radius 2 is 1.30 bits per heavy atom. The van der Waals surface area contributed by atoms with Gasteiger partial charge in [0, 0.05) is 82.8 Å². The molecule has 0 saturated carbocycles. The van der Waals surface area contributed by atoms with Crippen LogP contribution in [0, 0.1) is 0 Å². The highest BCUT2D eigenvalue weighted by atomic mass is 32.1. The summed E-state index contributed by atoms with van der Waals surface area (Å²) in [5.41, 5.74) is 24.9. The van der Waals surface area contributed by atoms with Crippen molar-refractivity contribution in [2.75, 3.05) is 17.3 Å². The molecule has 0 radical (unpaired) electrons. The number of rotatable bonds is 4. The molecule has 3 aliphatic rings. The summed E-state index contributed by atoms with van der Waals surface area (Å²) in [7, 11) is 3.00. The van der Waals surface area contributed by atoms with Gasteiger partial charge in [-0.1, -0.05) is 164 Å². The summed E-state index contributed by atoms with van der Waals surface area (Å²) in [5.74, 6) is 0. The molecule has 0 fully saturated rings. The summed E-state index contributed by atoms with van der Waals surface area (Å²) in [5, 5.41) is 9.25. The van der Waals surface area contributed by atoms with Gasteiger partial charge in [0.25, 0.3) is 0 Å². The Hall–Kier alpha value is -7.08. The molecular formula is C64H56BN3S. The summed E-state index contributed by atoms with van der Waals surface area (Å²) in [6.07, 6.45) is 2.26. The smallest absolute Gasteiger partial charge is 0.198 e. The van der Waals surface area contributed by atoms with Crippen LogP contribution in [-0.2, 0) is 16.2 Å². The lowest BCUT2D eigenvalue weighted by Crippen LogP contribution is -2.38. The van der Waals surface area contributed by atoms with Crippen LogP contribution in [0.1, 0.15) is 88.8 Å². The zero-order chi connectivity index (χ0) is 47.5. The number of hydrogen-bond acceptors (Lipinski definition) is 3. The number of benzene rings is 8. The van der Waals surface area contributed by atoms with E-state index in [4.69, 9.17) is 6.58 Å². The molecule has 4 heterocycles. The second-order valence-corrected chi connectivity index (χ2v) is 23.6. The van der Waals surface area contributed by atoms with Crippen molar-refractivity contribution >= 4 is 99.9 Å². The summed E-state index contributed by atoms with van der Waals surface area (Å²) in [6, 6.07) is 55.6. The lowest BCUT2D eigenvalue weighted by Gasteiger charge is -2.33. The van der Waals surface area contributed by atoms with Gasteiger partial charge in [0.1, 0.15) is 0 Å². The zero-order valence-corrected chi connectivity index (χ0v) is 42.0. The molecule has 10 aromatic rings. The van der Waals surface area contributed by atoms with Crippen LogP contribution in [0.25, 0.3) is 81.2 Å². The predicted molar refractivity (Wildman–Crippen MR) is 302 cm³/mol. The van der Waals surface area contributed by atoms with Crippen molar-refractivity contribution in [3.8, 4) is 27.9 Å². The fourth-order valence-corrected chi connectivity index (χ4v) is 13.0. The first-order valence-corrected chi connectivity index (χ1v) is 25.4. The standard InChI is InChI=1S/C64H56BN3S/c1-36-28-54(37-16-12-11-13-17-37)67(10)55-35-57-52(31-44(36)55)65-60-42(25-26-43-48-33-59-49(32-56(48)68(57)61(43)60)41-18-14-15-19-58(41)69-59)47-30-46-45-29-39(63(5,6)7)22-27-50(45)64(8,9)51(46)34-53(47)66-40-23-20-38(21-24-40)62(2,3)4/h11-35,65-66H,1H2,2-10H3.